The van der Waals surface area contributed by atoms with Crippen molar-refractivity contribution >= 4 is 21.8 Å². The molecule has 0 N–H and O–H groups in total. The molecule has 5 heteroatoms. The normalized spacial score (nSPS) is 16.9. The molecule has 1 heterocycles. The molecule has 0 atom stereocenters. The predicted octanol–water partition coefficient (Wildman–Crippen LogP) is 2.37. The van der Waals surface area contributed by atoms with Crippen molar-refractivity contribution < 1.29 is 9.18 Å². The maximum Gasteiger partial charge on any atom is 0.255 e. The molecule has 0 unspecified atom stereocenters. The Kier molecular flexibility index (Phi) is 4.35. The largest absolute Gasteiger partial charge is 0.336 e. The number of nitrogens with zero attached hydrogens (tertiary/aromatic N) is 2. The summed E-state index contributed by atoms with van der Waals surface area (Å²) >= 11 is 3.14. The number of amides is 1. The first-order valence-electron chi connectivity index (χ1n) is 6.09. The molecule has 1 fully saturated rings. The molecule has 0 bridgehead atoms. The quantitative estimate of drug-likeness (QED) is 0.836. The summed E-state index contributed by atoms with van der Waals surface area (Å²) in [7, 11) is 0. The fourth-order valence-corrected chi connectivity index (χ4v) is 2.54. The highest BCUT2D eigenvalue weighted by Gasteiger charge is 2.23. The number of hydrogen-bond donors (Lipinski definition) is 0. The number of halogens is 2. The van der Waals surface area contributed by atoms with Crippen molar-refractivity contribution in [1.29, 1.82) is 0 Å². The first-order valence-corrected chi connectivity index (χ1v) is 6.88. The van der Waals surface area contributed by atoms with Gasteiger partial charge in [-0.05, 0) is 34.6 Å². The van der Waals surface area contributed by atoms with Crippen LogP contribution < -0.4 is 0 Å². The average Bonchev–Trinajstić information content (AvgIpc) is 2.41. The molecular weight excluding hydrogens is 299 g/mol. The van der Waals surface area contributed by atoms with E-state index in [-0.39, 0.29) is 10.4 Å². The van der Waals surface area contributed by atoms with E-state index in [1.807, 2.05) is 0 Å². The minimum atomic E-state index is -0.395. The standard InChI is InChI=1S/C13H16BrFN2O/c1-2-16-6-8-17(9-7-16)13(18)10-4-3-5-11(15)12(10)14/h3-5H,2,6-9H2,1H3. The summed E-state index contributed by atoms with van der Waals surface area (Å²) in [5.74, 6) is -0.495. The molecule has 2 rings (SSSR count). The van der Waals surface area contributed by atoms with E-state index in [0.29, 0.717) is 18.7 Å². The second-order valence-corrected chi connectivity index (χ2v) is 5.12. The molecule has 0 aliphatic carbocycles. The molecular formula is C13H16BrFN2O. The van der Waals surface area contributed by atoms with Crippen LogP contribution in [0.15, 0.2) is 22.7 Å². The molecule has 1 aliphatic rings. The fourth-order valence-electron chi connectivity index (χ4n) is 2.11. The van der Waals surface area contributed by atoms with Crippen LogP contribution in [-0.4, -0.2) is 48.4 Å². The lowest BCUT2D eigenvalue weighted by molar-refractivity contribution is 0.0642. The van der Waals surface area contributed by atoms with Gasteiger partial charge in [0.15, 0.2) is 0 Å². The Morgan fingerprint density at radius 3 is 2.61 bits per heavy atom. The van der Waals surface area contributed by atoms with E-state index in [0.717, 1.165) is 19.6 Å². The van der Waals surface area contributed by atoms with Crippen LogP contribution in [0.25, 0.3) is 0 Å². The molecule has 18 heavy (non-hydrogen) atoms. The molecule has 1 aromatic rings. The van der Waals surface area contributed by atoms with E-state index in [4.69, 9.17) is 0 Å². The highest BCUT2D eigenvalue weighted by Crippen LogP contribution is 2.22. The zero-order valence-corrected chi connectivity index (χ0v) is 11.9. The zero-order chi connectivity index (χ0) is 13.1. The van der Waals surface area contributed by atoms with Gasteiger partial charge in [0.1, 0.15) is 5.82 Å². The van der Waals surface area contributed by atoms with Gasteiger partial charge in [-0.15, -0.1) is 0 Å². The number of carbonyl (C=O) groups excluding carboxylic acids is 1. The van der Waals surface area contributed by atoms with Gasteiger partial charge in [-0.3, -0.25) is 4.79 Å². The lowest BCUT2D eigenvalue weighted by Gasteiger charge is -2.34. The van der Waals surface area contributed by atoms with Crippen molar-refractivity contribution in [2.24, 2.45) is 0 Å². The zero-order valence-electron chi connectivity index (χ0n) is 10.3. The van der Waals surface area contributed by atoms with E-state index >= 15 is 0 Å². The lowest BCUT2D eigenvalue weighted by Crippen LogP contribution is -2.48. The van der Waals surface area contributed by atoms with Gasteiger partial charge < -0.3 is 9.80 Å². The Morgan fingerprint density at radius 2 is 2.00 bits per heavy atom. The van der Waals surface area contributed by atoms with Crippen molar-refractivity contribution in [3.05, 3.63) is 34.1 Å². The Hall–Kier alpha value is -0.940. The van der Waals surface area contributed by atoms with Crippen molar-refractivity contribution in [3.63, 3.8) is 0 Å². The number of carbonyl (C=O) groups is 1. The fraction of sp³-hybridized carbons (Fsp3) is 0.462. The van der Waals surface area contributed by atoms with Gasteiger partial charge in [0.05, 0.1) is 10.0 Å². The second kappa shape index (κ2) is 5.80. The van der Waals surface area contributed by atoms with Crippen molar-refractivity contribution in [1.82, 2.24) is 9.80 Å². The molecule has 0 saturated carbocycles. The number of likely N-dealkylation sites (N-methyl/N-ethyl adjacent to an activating group) is 1. The molecule has 1 aliphatic heterocycles. The van der Waals surface area contributed by atoms with E-state index in [1.54, 1.807) is 17.0 Å². The Labute approximate surface area is 115 Å². The Bertz CT molecular complexity index is 445. The van der Waals surface area contributed by atoms with Crippen LogP contribution in [0.4, 0.5) is 4.39 Å². The highest BCUT2D eigenvalue weighted by molar-refractivity contribution is 9.10. The number of rotatable bonds is 2. The summed E-state index contributed by atoms with van der Waals surface area (Å²) in [6.07, 6.45) is 0. The Morgan fingerprint density at radius 1 is 1.33 bits per heavy atom. The molecule has 1 amide bonds. The lowest BCUT2D eigenvalue weighted by atomic mass is 10.1. The molecule has 1 aromatic carbocycles. The van der Waals surface area contributed by atoms with Crippen molar-refractivity contribution in [3.8, 4) is 0 Å². The third-order valence-electron chi connectivity index (χ3n) is 3.29. The van der Waals surface area contributed by atoms with Crippen LogP contribution in [0.5, 0.6) is 0 Å². The third kappa shape index (κ3) is 2.72. The second-order valence-electron chi connectivity index (χ2n) is 4.33. The van der Waals surface area contributed by atoms with Gasteiger partial charge in [-0.2, -0.15) is 0 Å². The molecule has 0 spiro atoms. The molecule has 3 nitrogen and oxygen atoms in total. The maximum absolute atomic E-state index is 13.4. The highest BCUT2D eigenvalue weighted by atomic mass is 79.9. The Balaban J connectivity index is 2.10. The van der Waals surface area contributed by atoms with Gasteiger partial charge in [0.25, 0.3) is 5.91 Å². The van der Waals surface area contributed by atoms with Crippen LogP contribution >= 0.6 is 15.9 Å². The van der Waals surface area contributed by atoms with Crippen molar-refractivity contribution in [2.75, 3.05) is 32.7 Å². The first kappa shape index (κ1) is 13.5. The molecule has 98 valence electrons. The van der Waals surface area contributed by atoms with Crippen LogP contribution in [0.3, 0.4) is 0 Å². The van der Waals surface area contributed by atoms with Gasteiger partial charge in [0.2, 0.25) is 0 Å². The van der Waals surface area contributed by atoms with Crippen LogP contribution in [0, 0.1) is 5.82 Å². The summed E-state index contributed by atoms with van der Waals surface area (Å²) in [5.41, 5.74) is 0.403. The van der Waals surface area contributed by atoms with Crippen LogP contribution in [-0.2, 0) is 0 Å². The summed E-state index contributed by atoms with van der Waals surface area (Å²) < 4.78 is 13.7. The summed E-state index contributed by atoms with van der Waals surface area (Å²) in [6, 6.07) is 4.56. The van der Waals surface area contributed by atoms with E-state index in [1.165, 1.54) is 6.07 Å². The van der Waals surface area contributed by atoms with Crippen LogP contribution in [0.1, 0.15) is 17.3 Å². The molecule has 0 aromatic heterocycles. The maximum atomic E-state index is 13.4. The first-order chi connectivity index (χ1) is 8.63. The monoisotopic (exact) mass is 314 g/mol. The van der Waals surface area contributed by atoms with E-state index in [2.05, 4.69) is 27.8 Å². The number of hydrogen-bond acceptors (Lipinski definition) is 2. The predicted molar refractivity (Wildman–Crippen MR) is 72.1 cm³/mol. The van der Waals surface area contributed by atoms with E-state index in [9.17, 15) is 9.18 Å². The molecule has 0 radical (unpaired) electrons. The van der Waals surface area contributed by atoms with Gasteiger partial charge >= 0.3 is 0 Å². The van der Waals surface area contributed by atoms with Gasteiger partial charge in [-0.25, -0.2) is 4.39 Å². The third-order valence-corrected chi connectivity index (χ3v) is 4.09. The number of benzene rings is 1. The van der Waals surface area contributed by atoms with Crippen molar-refractivity contribution in [2.45, 2.75) is 6.92 Å². The number of piperazine rings is 1. The smallest absolute Gasteiger partial charge is 0.255 e. The summed E-state index contributed by atoms with van der Waals surface area (Å²) in [5, 5.41) is 0. The summed E-state index contributed by atoms with van der Waals surface area (Å²) in [4.78, 5) is 16.4. The van der Waals surface area contributed by atoms with Gasteiger partial charge in [-0.1, -0.05) is 13.0 Å². The average molecular weight is 315 g/mol. The van der Waals surface area contributed by atoms with Gasteiger partial charge in [0, 0.05) is 26.2 Å². The van der Waals surface area contributed by atoms with E-state index < -0.39 is 5.82 Å². The minimum Gasteiger partial charge on any atom is -0.336 e. The SMILES string of the molecule is CCN1CCN(C(=O)c2cccc(F)c2Br)CC1. The summed E-state index contributed by atoms with van der Waals surface area (Å²) in [6.45, 7) is 6.29. The minimum absolute atomic E-state index is 0.0999. The topological polar surface area (TPSA) is 23.6 Å². The molecule has 1 saturated heterocycles. The van der Waals surface area contributed by atoms with Crippen LogP contribution in [0.2, 0.25) is 0 Å².